The molecule has 2 aromatic heterocycles. The summed E-state index contributed by atoms with van der Waals surface area (Å²) in [5, 5.41) is 7.64. The molecular weight excluding hydrogens is 458 g/mol. The van der Waals surface area contributed by atoms with Crippen molar-refractivity contribution >= 4 is 29.3 Å². The topological polar surface area (TPSA) is 80.1 Å². The first-order chi connectivity index (χ1) is 17.2. The molecular formula is C27H25N5O2S. The number of para-hydroxylation sites is 1. The molecule has 1 saturated heterocycles. The number of pyridine rings is 1. The number of carbonyl (C=O) groups is 2. The van der Waals surface area contributed by atoms with E-state index in [0.717, 1.165) is 41.4 Å². The summed E-state index contributed by atoms with van der Waals surface area (Å²) >= 11 is 1.88. The van der Waals surface area contributed by atoms with Crippen LogP contribution >= 0.6 is 11.8 Å². The summed E-state index contributed by atoms with van der Waals surface area (Å²) in [5.41, 5.74) is 4.21. The Balaban J connectivity index is 1.33. The molecule has 35 heavy (non-hydrogen) atoms. The summed E-state index contributed by atoms with van der Waals surface area (Å²) in [4.78, 5) is 31.9. The Morgan fingerprint density at radius 1 is 0.943 bits per heavy atom. The van der Waals surface area contributed by atoms with E-state index in [0.29, 0.717) is 23.4 Å². The van der Waals surface area contributed by atoms with Gasteiger partial charge in [0.05, 0.1) is 17.7 Å². The number of nitrogens with one attached hydrogen (secondary N) is 1. The van der Waals surface area contributed by atoms with Crippen LogP contribution < -0.4 is 5.32 Å². The quantitative estimate of drug-likeness (QED) is 0.442. The molecule has 2 aromatic carbocycles. The summed E-state index contributed by atoms with van der Waals surface area (Å²) < 4.78 is 1.70. The highest BCUT2D eigenvalue weighted by atomic mass is 32.2. The van der Waals surface area contributed by atoms with E-state index < -0.39 is 0 Å². The van der Waals surface area contributed by atoms with Crippen molar-refractivity contribution in [3.05, 3.63) is 96.4 Å². The van der Waals surface area contributed by atoms with Crippen molar-refractivity contribution < 1.29 is 9.59 Å². The number of benzene rings is 2. The van der Waals surface area contributed by atoms with E-state index in [-0.39, 0.29) is 11.8 Å². The molecule has 7 nitrogen and oxygen atoms in total. The molecule has 4 aromatic rings. The third-order valence-electron chi connectivity index (χ3n) is 5.85. The minimum absolute atomic E-state index is 0.150. The standard InChI is InChI=1S/C27H25N5O2S/c33-25(31-13-15-35-16-14-31)17-20-8-10-22(11-9-20)29-27(34)24-19-32(23-6-2-1-3-7-23)30-26(24)21-5-4-12-28-18-21/h1-12,18-19H,13-17H2,(H,29,34). The van der Waals surface area contributed by atoms with Crippen LogP contribution in [0.15, 0.2) is 85.3 Å². The van der Waals surface area contributed by atoms with Crippen molar-refractivity contribution in [2.75, 3.05) is 29.9 Å². The van der Waals surface area contributed by atoms with Crippen molar-refractivity contribution in [3.63, 3.8) is 0 Å². The minimum atomic E-state index is -0.263. The molecule has 0 unspecified atom stereocenters. The van der Waals surface area contributed by atoms with Gasteiger partial charge in [0.2, 0.25) is 5.91 Å². The predicted molar refractivity (Wildman–Crippen MR) is 139 cm³/mol. The van der Waals surface area contributed by atoms with E-state index >= 15 is 0 Å². The molecule has 1 aliphatic rings. The number of hydrogen-bond acceptors (Lipinski definition) is 5. The number of nitrogens with zero attached hydrogens (tertiary/aromatic N) is 4. The number of thioether (sulfide) groups is 1. The van der Waals surface area contributed by atoms with Crippen LogP contribution in [0.5, 0.6) is 0 Å². The van der Waals surface area contributed by atoms with Gasteiger partial charge in [-0.05, 0) is 42.0 Å². The monoisotopic (exact) mass is 483 g/mol. The lowest BCUT2D eigenvalue weighted by molar-refractivity contribution is -0.130. The van der Waals surface area contributed by atoms with Crippen LogP contribution in [-0.4, -0.2) is 56.1 Å². The number of amides is 2. The predicted octanol–water partition coefficient (Wildman–Crippen LogP) is 4.30. The lowest BCUT2D eigenvalue weighted by Gasteiger charge is -2.26. The molecule has 2 amide bonds. The van der Waals surface area contributed by atoms with Gasteiger partial charge < -0.3 is 10.2 Å². The fourth-order valence-corrected chi connectivity index (χ4v) is 4.88. The van der Waals surface area contributed by atoms with Gasteiger partial charge in [0.1, 0.15) is 5.69 Å². The fourth-order valence-electron chi connectivity index (χ4n) is 3.97. The highest BCUT2D eigenvalue weighted by molar-refractivity contribution is 7.99. The van der Waals surface area contributed by atoms with Gasteiger partial charge in [-0.1, -0.05) is 30.3 Å². The maximum absolute atomic E-state index is 13.3. The van der Waals surface area contributed by atoms with Crippen molar-refractivity contribution in [2.45, 2.75) is 6.42 Å². The largest absolute Gasteiger partial charge is 0.341 e. The molecule has 0 atom stereocenters. The Bertz CT molecular complexity index is 1300. The molecule has 1 N–H and O–H groups in total. The van der Waals surface area contributed by atoms with Crippen molar-refractivity contribution in [2.24, 2.45) is 0 Å². The van der Waals surface area contributed by atoms with E-state index in [1.807, 2.05) is 83.4 Å². The third-order valence-corrected chi connectivity index (χ3v) is 6.79. The second-order valence-electron chi connectivity index (χ2n) is 8.23. The van der Waals surface area contributed by atoms with Gasteiger partial charge in [-0.3, -0.25) is 14.6 Å². The van der Waals surface area contributed by atoms with E-state index in [4.69, 9.17) is 0 Å². The summed E-state index contributed by atoms with van der Waals surface area (Å²) in [6, 6.07) is 20.8. The Kier molecular flexibility index (Phi) is 6.90. The first-order valence-electron chi connectivity index (χ1n) is 11.5. The van der Waals surface area contributed by atoms with Crippen LogP contribution in [0.3, 0.4) is 0 Å². The molecule has 0 spiro atoms. The number of anilines is 1. The molecule has 176 valence electrons. The highest BCUT2D eigenvalue weighted by Gasteiger charge is 2.20. The van der Waals surface area contributed by atoms with Crippen molar-refractivity contribution in [1.29, 1.82) is 0 Å². The van der Waals surface area contributed by atoms with Gasteiger partial charge in [0, 0.05) is 54.4 Å². The van der Waals surface area contributed by atoms with Crippen LogP contribution in [0.25, 0.3) is 16.9 Å². The summed E-state index contributed by atoms with van der Waals surface area (Å²) in [7, 11) is 0. The van der Waals surface area contributed by atoms with Crippen LogP contribution in [0.4, 0.5) is 5.69 Å². The summed E-state index contributed by atoms with van der Waals surface area (Å²) in [6.07, 6.45) is 5.49. The van der Waals surface area contributed by atoms with Crippen LogP contribution in [0.1, 0.15) is 15.9 Å². The molecule has 0 saturated carbocycles. The molecule has 3 heterocycles. The molecule has 1 fully saturated rings. The normalized spacial score (nSPS) is 13.4. The Morgan fingerprint density at radius 2 is 1.71 bits per heavy atom. The number of hydrogen-bond donors (Lipinski definition) is 1. The molecule has 8 heteroatoms. The summed E-state index contributed by atoms with van der Waals surface area (Å²) in [6.45, 7) is 1.63. The fraction of sp³-hybridized carbons (Fsp3) is 0.185. The van der Waals surface area contributed by atoms with E-state index in [1.165, 1.54) is 0 Å². The lowest BCUT2D eigenvalue weighted by atomic mass is 10.1. The maximum Gasteiger partial charge on any atom is 0.259 e. The number of carbonyl (C=O) groups excluding carboxylic acids is 2. The highest BCUT2D eigenvalue weighted by Crippen LogP contribution is 2.24. The zero-order valence-corrected chi connectivity index (χ0v) is 19.9. The number of rotatable bonds is 6. The van der Waals surface area contributed by atoms with Crippen molar-refractivity contribution in [1.82, 2.24) is 19.7 Å². The lowest BCUT2D eigenvalue weighted by Crippen LogP contribution is -2.38. The van der Waals surface area contributed by atoms with E-state index in [9.17, 15) is 9.59 Å². The molecule has 1 aliphatic heterocycles. The average molecular weight is 484 g/mol. The van der Waals surface area contributed by atoms with Gasteiger partial charge >= 0.3 is 0 Å². The average Bonchev–Trinajstić information content (AvgIpc) is 3.37. The maximum atomic E-state index is 13.3. The zero-order chi connectivity index (χ0) is 24.0. The molecule has 0 aliphatic carbocycles. The van der Waals surface area contributed by atoms with Gasteiger partial charge in [-0.15, -0.1) is 0 Å². The first kappa shape index (κ1) is 22.9. The van der Waals surface area contributed by atoms with E-state index in [1.54, 1.807) is 23.3 Å². The molecule has 5 rings (SSSR count). The zero-order valence-electron chi connectivity index (χ0n) is 19.1. The second-order valence-corrected chi connectivity index (χ2v) is 9.46. The first-order valence-corrected chi connectivity index (χ1v) is 12.6. The second kappa shape index (κ2) is 10.6. The Morgan fingerprint density at radius 3 is 2.43 bits per heavy atom. The molecule has 0 radical (unpaired) electrons. The van der Waals surface area contributed by atoms with Crippen LogP contribution in [0, 0.1) is 0 Å². The van der Waals surface area contributed by atoms with Crippen molar-refractivity contribution in [3.8, 4) is 16.9 Å². The van der Waals surface area contributed by atoms with Gasteiger partial charge in [0.25, 0.3) is 5.91 Å². The minimum Gasteiger partial charge on any atom is -0.341 e. The Labute approximate surface area is 208 Å². The smallest absolute Gasteiger partial charge is 0.259 e. The van der Waals surface area contributed by atoms with E-state index in [2.05, 4.69) is 15.4 Å². The van der Waals surface area contributed by atoms with Gasteiger partial charge in [-0.25, -0.2) is 4.68 Å². The third kappa shape index (κ3) is 5.44. The van der Waals surface area contributed by atoms with Gasteiger partial charge in [0.15, 0.2) is 0 Å². The summed E-state index contributed by atoms with van der Waals surface area (Å²) in [5.74, 6) is 1.88. The van der Waals surface area contributed by atoms with Crippen LogP contribution in [0.2, 0.25) is 0 Å². The molecule has 0 bridgehead atoms. The SMILES string of the molecule is O=C(Nc1ccc(CC(=O)N2CCSCC2)cc1)c1cn(-c2ccccc2)nc1-c1cccnc1. The van der Waals surface area contributed by atoms with Crippen LogP contribution in [-0.2, 0) is 11.2 Å². The Hall–Kier alpha value is -3.91. The van der Waals surface area contributed by atoms with Gasteiger partial charge in [-0.2, -0.15) is 16.9 Å². The number of aromatic nitrogens is 3.